The van der Waals surface area contributed by atoms with Gasteiger partial charge in [0, 0.05) is 10.2 Å². The molecule has 0 fully saturated rings. The van der Waals surface area contributed by atoms with Crippen LogP contribution in [0.2, 0.25) is 0 Å². The molecule has 0 heterocycles. The Hall–Kier alpha value is -2.34. The second-order valence-electron chi connectivity index (χ2n) is 6.47. The van der Waals surface area contributed by atoms with Crippen LogP contribution in [0.1, 0.15) is 31.0 Å². The molecule has 0 spiro atoms. The molecular formula is C20H24BrN3O2. The Bertz CT molecular complexity index is 763. The topological polar surface area (TPSA) is 70.2 Å². The van der Waals surface area contributed by atoms with E-state index < -0.39 is 0 Å². The van der Waals surface area contributed by atoms with Crippen molar-refractivity contribution in [3.8, 4) is 0 Å². The number of hydrogen-bond acceptors (Lipinski definition) is 2. The Kier molecular flexibility index (Phi) is 7.21. The fourth-order valence-corrected chi connectivity index (χ4v) is 3.09. The molecule has 0 aromatic heterocycles. The van der Waals surface area contributed by atoms with E-state index in [9.17, 15) is 9.59 Å². The maximum absolute atomic E-state index is 12.2. The lowest BCUT2D eigenvalue weighted by Gasteiger charge is -2.23. The first-order valence-electron chi connectivity index (χ1n) is 8.52. The first kappa shape index (κ1) is 20.0. The van der Waals surface area contributed by atoms with Crippen LogP contribution in [0.5, 0.6) is 0 Å². The van der Waals surface area contributed by atoms with E-state index in [-0.39, 0.29) is 30.4 Å². The lowest BCUT2D eigenvalue weighted by molar-refractivity contribution is -0.115. The minimum absolute atomic E-state index is 0.0963. The molecule has 1 atom stereocenters. The number of carbonyl (C=O) groups excluding carboxylic acids is 2. The van der Waals surface area contributed by atoms with Crippen LogP contribution >= 0.6 is 15.9 Å². The predicted octanol–water partition coefficient (Wildman–Crippen LogP) is 4.39. The van der Waals surface area contributed by atoms with Crippen LogP contribution in [0.4, 0.5) is 10.5 Å². The van der Waals surface area contributed by atoms with Crippen molar-refractivity contribution < 1.29 is 9.59 Å². The molecule has 0 radical (unpaired) electrons. The summed E-state index contributed by atoms with van der Waals surface area (Å²) in [5, 5.41) is 8.35. The average Bonchev–Trinajstić information content (AvgIpc) is 2.61. The molecule has 5 nitrogen and oxygen atoms in total. The highest BCUT2D eigenvalue weighted by atomic mass is 79.9. The second kappa shape index (κ2) is 9.38. The van der Waals surface area contributed by atoms with Gasteiger partial charge >= 0.3 is 6.03 Å². The van der Waals surface area contributed by atoms with E-state index in [1.165, 1.54) is 0 Å². The van der Waals surface area contributed by atoms with Gasteiger partial charge in [0.2, 0.25) is 5.91 Å². The highest BCUT2D eigenvalue weighted by molar-refractivity contribution is 9.10. The van der Waals surface area contributed by atoms with Gasteiger partial charge in [-0.25, -0.2) is 4.79 Å². The zero-order valence-electron chi connectivity index (χ0n) is 15.2. The molecule has 6 heteroatoms. The number of urea groups is 1. The van der Waals surface area contributed by atoms with Gasteiger partial charge in [0.25, 0.3) is 0 Å². The molecule has 0 saturated heterocycles. The van der Waals surface area contributed by atoms with Crippen molar-refractivity contribution in [3.63, 3.8) is 0 Å². The van der Waals surface area contributed by atoms with Crippen LogP contribution in [0.15, 0.2) is 53.0 Å². The van der Waals surface area contributed by atoms with Gasteiger partial charge in [-0.15, -0.1) is 0 Å². The van der Waals surface area contributed by atoms with E-state index in [0.29, 0.717) is 0 Å². The lowest BCUT2D eigenvalue weighted by Crippen LogP contribution is -2.42. The summed E-state index contributed by atoms with van der Waals surface area (Å²) < 4.78 is 0.950. The minimum atomic E-state index is -0.366. The summed E-state index contributed by atoms with van der Waals surface area (Å²) in [6.45, 7) is 5.90. The van der Waals surface area contributed by atoms with E-state index in [1.807, 2.05) is 69.3 Å². The zero-order chi connectivity index (χ0) is 19.1. The second-order valence-corrected chi connectivity index (χ2v) is 7.38. The van der Waals surface area contributed by atoms with Crippen LogP contribution < -0.4 is 16.0 Å². The number of hydrogen-bond donors (Lipinski definition) is 3. The average molecular weight is 418 g/mol. The van der Waals surface area contributed by atoms with Gasteiger partial charge in [-0.2, -0.15) is 0 Å². The number of aryl methyl sites for hydroxylation is 1. The van der Waals surface area contributed by atoms with Crippen molar-refractivity contribution in [2.24, 2.45) is 5.92 Å². The molecule has 1 unspecified atom stereocenters. The molecule has 2 rings (SSSR count). The summed E-state index contributed by atoms with van der Waals surface area (Å²) in [5.41, 5.74) is 2.71. The molecule has 0 saturated carbocycles. The molecular weight excluding hydrogens is 394 g/mol. The van der Waals surface area contributed by atoms with Crippen LogP contribution in [-0.4, -0.2) is 18.5 Å². The smallest absolute Gasteiger partial charge is 0.315 e. The summed E-state index contributed by atoms with van der Waals surface area (Å²) in [6, 6.07) is 14.9. The molecule has 0 aliphatic carbocycles. The third kappa shape index (κ3) is 5.88. The summed E-state index contributed by atoms with van der Waals surface area (Å²) in [4.78, 5) is 24.3. The largest absolute Gasteiger partial charge is 0.331 e. The predicted molar refractivity (Wildman–Crippen MR) is 108 cm³/mol. The van der Waals surface area contributed by atoms with E-state index in [4.69, 9.17) is 0 Å². The quantitative estimate of drug-likeness (QED) is 0.651. The maximum Gasteiger partial charge on any atom is 0.315 e. The van der Waals surface area contributed by atoms with Crippen molar-refractivity contribution in [2.75, 3.05) is 11.9 Å². The molecule has 0 aliphatic heterocycles. The highest BCUT2D eigenvalue weighted by Gasteiger charge is 2.18. The number of amides is 3. The SMILES string of the molecule is Cc1cc(Br)ccc1NC(=O)CNC(=O)NC(c1ccccc1)C(C)C. The summed E-state index contributed by atoms with van der Waals surface area (Å²) >= 11 is 3.39. The Morgan fingerprint density at radius 2 is 1.77 bits per heavy atom. The number of anilines is 1. The molecule has 2 aromatic rings. The van der Waals surface area contributed by atoms with Crippen molar-refractivity contribution in [2.45, 2.75) is 26.8 Å². The molecule has 0 aliphatic rings. The van der Waals surface area contributed by atoms with Crippen LogP contribution in [0.25, 0.3) is 0 Å². The van der Waals surface area contributed by atoms with E-state index in [0.717, 1.165) is 21.3 Å². The Morgan fingerprint density at radius 3 is 2.38 bits per heavy atom. The number of rotatable bonds is 6. The van der Waals surface area contributed by atoms with E-state index >= 15 is 0 Å². The van der Waals surface area contributed by atoms with Gasteiger partial charge < -0.3 is 16.0 Å². The normalized spacial score (nSPS) is 11.7. The monoisotopic (exact) mass is 417 g/mol. The molecule has 3 N–H and O–H groups in total. The number of halogens is 1. The third-order valence-electron chi connectivity index (χ3n) is 3.98. The van der Waals surface area contributed by atoms with Crippen LogP contribution in [0, 0.1) is 12.8 Å². The summed E-state index contributed by atoms with van der Waals surface area (Å²) in [5.74, 6) is -0.0474. The van der Waals surface area contributed by atoms with Crippen LogP contribution in [0.3, 0.4) is 0 Å². The highest BCUT2D eigenvalue weighted by Crippen LogP contribution is 2.21. The number of carbonyl (C=O) groups is 2. The van der Waals surface area contributed by atoms with Gasteiger partial charge in [0.1, 0.15) is 0 Å². The van der Waals surface area contributed by atoms with Gasteiger partial charge in [-0.3, -0.25) is 4.79 Å². The van der Waals surface area contributed by atoms with Crippen molar-refractivity contribution in [1.82, 2.24) is 10.6 Å². The van der Waals surface area contributed by atoms with Gasteiger partial charge in [-0.1, -0.05) is 60.1 Å². The molecule has 138 valence electrons. The fourth-order valence-electron chi connectivity index (χ4n) is 2.61. The minimum Gasteiger partial charge on any atom is -0.331 e. The standard InChI is InChI=1S/C20H24BrN3O2/c1-13(2)19(15-7-5-4-6-8-15)24-20(26)22-12-18(25)23-17-10-9-16(21)11-14(17)3/h4-11,13,19H,12H2,1-3H3,(H,23,25)(H2,22,24,26). The molecule has 2 aromatic carbocycles. The van der Waals surface area contributed by atoms with E-state index in [1.54, 1.807) is 0 Å². The first-order valence-corrected chi connectivity index (χ1v) is 9.31. The van der Waals surface area contributed by atoms with Crippen molar-refractivity contribution in [1.29, 1.82) is 0 Å². The number of nitrogens with one attached hydrogen (secondary N) is 3. The Morgan fingerprint density at radius 1 is 1.08 bits per heavy atom. The van der Waals surface area contributed by atoms with Crippen LogP contribution in [-0.2, 0) is 4.79 Å². The lowest BCUT2D eigenvalue weighted by atomic mass is 9.96. The van der Waals surface area contributed by atoms with Crippen molar-refractivity contribution >= 4 is 33.6 Å². The zero-order valence-corrected chi connectivity index (χ0v) is 16.8. The first-order chi connectivity index (χ1) is 12.4. The summed E-state index contributed by atoms with van der Waals surface area (Å²) in [7, 11) is 0. The molecule has 3 amide bonds. The molecule has 0 bridgehead atoms. The third-order valence-corrected chi connectivity index (χ3v) is 4.48. The summed E-state index contributed by atoms with van der Waals surface area (Å²) in [6.07, 6.45) is 0. The Balaban J connectivity index is 1.88. The van der Waals surface area contributed by atoms with Gasteiger partial charge in [0.15, 0.2) is 0 Å². The van der Waals surface area contributed by atoms with Gasteiger partial charge in [-0.05, 0) is 42.2 Å². The maximum atomic E-state index is 12.2. The van der Waals surface area contributed by atoms with Crippen molar-refractivity contribution in [3.05, 3.63) is 64.1 Å². The molecule has 26 heavy (non-hydrogen) atoms. The Labute approximate surface area is 162 Å². The fraction of sp³-hybridized carbons (Fsp3) is 0.300. The van der Waals surface area contributed by atoms with Gasteiger partial charge in [0.05, 0.1) is 12.6 Å². The van der Waals surface area contributed by atoms with E-state index in [2.05, 4.69) is 31.9 Å². The number of benzene rings is 2.